The van der Waals surface area contributed by atoms with Crippen molar-refractivity contribution in [1.29, 1.82) is 0 Å². The number of guanidine groups is 1. The van der Waals surface area contributed by atoms with Gasteiger partial charge in [0.25, 0.3) is 0 Å². The van der Waals surface area contributed by atoms with E-state index in [4.69, 9.17) is 5.14 Å². The molecule has 0 aliphatic rings. The van der Waals surface area contributed by atoms with Crippen LogP contribution in [0.2, 0.25) is 0 Å². The van der Waals surface area contributed by atoms with E-state index >= 15 is 0 Å². The van der Waals surface area contributed by atoms with Crippen molar-refractivity contribution in [2.24, 2.45) is 17.2 Å². The highest BCUT2D eigenvalue weighted by molar-refractivity contribution is 14.0. The number of nitrogens with one attached hydrogen (secondary N) is 2. The smallest absolute Gasteiger partial charge is 0.238 e. The Kier molecular flexibility index (Phi) is 8.89. The fourth-order valence-electron chi connectivity index (χ4n) is 2.88. The second kappa shape index (κ2) is 10.2. The Morgan fingerprint density at radius 3 is 2.36 bits per heavy atom. The summed E-state index contributed by atoms with van der Waals surface area (Å²) in [5.41, 5.74) is 4.38. The average molecular weight is 520 g/mol. The van der Waals surface area contributed by atoms with Crippen LogP contribution in [0.1, 0.15) is 29.4 Å². The minimum Gasteiger partial charge on any atom is -0.354 e. The maximum absolute atomic E-state index is 11.3. The molecule has 10 heteroatoms. The number of benzene rings is 1. The van der Waals surface area contributed by atoms with Gasteiger partial charge in [-0.15, -0.1) is 24.0 Å². The molecule has 0 bridgehead atoms. The third kappa shape index (κ3) is 6.45. The summed E-state index contributed by atoms with van der Waals surface area (Å²) in [6, 6.07) is 6.62. The van der Waals surface area contributed by atoms with Gasteiger partial charge in [-0.05, 0) is 50.5 Å². The lowest BCUT2D eigenvalue weighted by Crippen LogP contribution is -2.42. The van der Waals surface area contributed by atoms with Gasteiger partial charge in [-0.2, -0.15) is 5.10 Å². The molecule has 0 saturated carbocycles. The van der Waals surface area contributed by atoms with Gasteiger partial charge < -0.3 is 10.6 Å². The third-order valence-corrected chi connectivity index (χ3v) is 5.42. The fourth-order valence-corrected chi connectivity index (χ4v) is 3.40. The van der Waals surface area contributed by atoms with Gasteiger partial charge in [0.1, 0.15) is 0 Å². The molecular weight excluding hydrogens is 491 g/mol. The molecule has 1 heterocycles. The molecule has 8 nitrogen and oxygen atoms in total. The molecule has 4 N–H and O–H groups in total. The zero-order valence-electron chi connectivity index (χ0n) is 16.9. The predicted molar refractivity (Wildman–Crippen MR) is 122 cm³/mol. The fraction of sp³-hybridized carbons (Fsp3) is 0.444. The molecule has 0 aliphatic heterocycles. The van der Waals surface area contributed by atoms with Gasteiger partial charge in [-0.1, -0.05) is 12.1 Å². The van der Waals surface area contributed by atoms with Crippen LogP contribution in [0.25, 0.3) is 0 Å². The number of primary sulfonamides is 1. The number of rotatable bonds is 6. The zero-order valence-corrected chi connectivity index (χ0v) is 20.0. The van der Waals surface area contributed by atoms with Gasteiger partial charge in [-0.25, -0.2) is 13.6 Å². The molecule has 2 aromatic rings. The third-order valence-electron chi connectivity index (χ3n) is 4.49. The second-order valence-corrected chi connectivity index (χ2v) is 8.20. The van der Waals surface area contributed by atoms with E-state index in [-0.39, 0.29) is 34.9 Å². The van der Waals surface area contributed by atoms with E-state index in [1.165, 1.54) is 23.4 Å². The highest BCUT2D eigenvalue weighted by Crippen LogP contribution is 2.14. The van der Waals surface area contributed by atoms with E-state index in [0.717, 1.165) is 17.7 Å². The lowest BCUT2D eigenvalue weighted by Gasteiger charge is -2.18. The first kappa shape index (κ1) is 24.4. The topological polar surface area (TPSA) is 114 Å². The quantitative estimate of drug-likeness (QED) is 0.304. The Hall–Kier alpha value is -1.66. The van der Waals surface area contributed by atoms with Crippen LogP contribution in [-0.4, -0.2) is 37.2 Å². The SMILES string of the molecule is CN=C(NCc1ccc(S(N)(=O)=O)cc1)NC(C)Cc1c(C)nn(C)c1C.I. The summed E-state index contributed by atoms with van der Waals surface area (Å²) in [4.78, 5) is 4.35. The van der Waals surface area contributed by atoms with E-state index in [1.54, 1.807) is 19.2 Å². The van der Waals surface area contributed by atoms with E-state index in [0.29, 0.717) is 12.5 Å². The molecule has 0 amide bonds. The van der Waals surface area contributed by atoms with E-state index in [2.05, 4.69) is 34.6 Å². The molecule has 0 radical (unpaired) electrons. The molecule has 0 saturated heterocycles. The maximum atomic E-state index is 11.3. The summed E-state index contributed by atoms with van der Waals surface area (Å²) in [7, 11) is -0.00488. The van der Waals surface area contributed by atoms with E-state index < -0.39 is 10.0 Å². The maximum Gasteiger partial charge on any atom is 0.238 e. The first-order chi connectivity index (χ1) is 12.6. The summed E-state index contributed by atoms with van der Waals surface area (Å²) in [5, 5.41) is 16.2. The normalized spacial score (nSPS) is 13.0. The Morgan fingerprint density at radius 1 is 1.29 bits per heavy atom. The number of nitrogens with two attached hydrogens (primary N) is 1. The Balaban J connectivity index is 0.00000392. The van der Waals surface area contributed by atoms with Crippen molar-refractivity contribution in [1.82, 2.24) is 20.4 Å². The number of aromatic nitrogens is 2. The van der Waals surface area contributed by atoms with Crippen LogP contribution in [-0.2, 0) is 30.0 Å². The summed E-state index contributed by atoms with van der Waals surface area (Å²) in [5.74, 6) is 0.678. The largest absolute Gasteiger partial charge is 0.354 e. The summed E-state index contributed by atoms with van der Waals surface area (Å²) < 4.78 is 24.5. The Morgan fingerprint density at radius 2 is 1.89 bits per heavy atom. The molecule has 1 atom stereocenters. The molecule has 1 aromatic carbocycles. The molecule has 1 aromatic heterocycles. The summed E-state index contributed by atoms with van der Waals surface area (Å²) in [6.45, 7) is 6.70. The van der Waals surface area contributed by atoms with Crippen LogP contribution >= 0.6 is 24.0 Å². The van der Waals surface area contributed by atoms with Crippen molar-refractivity contribution >= 4 is 40.0 Å². The van der Waals surface area contributed by atoms with Crippen LogP contribution in [0.4, 0.5) is 0 Å². The standard InChI is InChI=1S/C18H28N6O2S.HI/c1-12(10-17-13(2)23-24(5)14(17)3)22-18(20-4)21-11-15-6-8-16(9-7-15)27(19,25)26;/h6-9,12H,10-11H2,1-5H3,(H2,19,25,26)(H2,20,21,22);1H. The molecular formula is C18H29IN6O2S. The highest BCUT2D eigenvalue weighted by atomic mass is 127. The first-order valence-electron chi connectivity index (χ1n) is 8.69. The number of aliphatic imine (C=N–C) groups is 1. The number of halogens is 1. The minimum absolute atomic E-state index is 0. The molecule has 0 spiro atoms. The summed E-state index contributed by atoms with van der Waals surface area (Å²) >= 11 is 0. The van der Waals surface area contributed by atoms with Crippen LogP contribution in [0.15, 0.2) is 34.2 Å². The average Bonchev–Trinajstić information content (AvgIpc) is 2.84. The van der Waals surface area contributed by atoms with Gasteiger partial charge in [-0.3, -0.25) is 9.67 Å². The number of nitrogens with zero attached hydrogens (tertiary/aromatic N) is 3. The van der Waals surface area contributed by atoms with Crippen molar-refractivity contribution in [3.05, 3.63) is 46.8 Å². The molecule has 0 fully saturated rings. The number of aryl methyl sites for hydroxylation is 2. The lowest BCUT2D eigenvalue weighted by molar-refractivity contribution is 0.597. The van der Waals surface area contributed by atoms with Gasteiger partial charge in [0.05, 0.1) is 10.6 Å². The predicted octanol–water partition coefficient (Wildman–Crippen LogP) is 1.60. The van der Waals surface area contributed by atoms with E-state index in [9.17, 15) is 8.42 Å². The zero-order chi connectivity index (χ0) is 20.2. The Bertz CT molecular complexity index is 922. The lowest BCUT2D eigenvalue weighted by atomic mass is 10.1. The van der Waals surface area contributed by atoms with Crippen LogP contribution in [0, 0.1) is 13.8 Å². The van der Waals surface area contributed by atoms with Crippen molar-refractivity contribution in [3.63, 3.8) is 0 Å². The van der Waals surface area contributed by atoms with Crippen molar-refractivity contribution < 1.29 is 8.42 Å². The molecule has 156 valence electrons. The van der Waals surface area contributed by atoms with Crippen molar-refractivity contribution in [2.45, 2.75) is 44.7 Å². The Labute approximate surface area is 184 Å². The number of hydrogen-bond donors (Lipinski definition) is 3. The summed E-state index contributed by atoms with van der Waals surface area (Å²) in [6.07, 6.45) is 0.843. The minimum atomic E-state index is -3.67. The number of sulfonamides is 1. The highest BCUT2D eigenvalue weighted by Gasteiger charge is 2.14. The second-order valence-electron chi connectivity index (χ2n) is 6.64. The van der Waals surface area contributed by atoms with Crippen LogP contribution < -0.4 is 15.8 Å². The monoisotopic (exact) mass is 520 g/mol. The number of hydrogen-bond acceptors (Lipinski definition) is 4. The van der Waals surface area contributed by atoms with Crippen molar-refractivity contribution in [2.75, 3.05) is 7.05 Å². The van der Waals surface area contributed by atoms with Gasteiger partial charge in [0, 0.05) is 32.4 Å². The van der Waals surface area contributed by atoms with Crippen LogP contribution in [0.5, 0.6) is 0 Å². The van der Waals surface area contributed by atoms with Gasteiger partial charge in [0.15, 0.2) is 5.96 Å². The molecule has 1 unspecified atom stereocenters. The van der Waals surface area contributed by atoms with Gasteiger partial charge in [0.2, 0.25) is 10.0 Å². The molecule has 0 aliphatic carbocycles. The van der Waals surface area contributed by atoms with Crippen LogP contribution in [0.3, 0.4) is 0 Å². The first-order valence-corrected chi connectivity index (χ1v) is 10.2. The molecule has 28 heavy (non-hydrogen) atoms. The van der Waals surface area contributed by atoms with E-state index in [1.807, 2.05) is 18.7 Å². The van der Waals surface area contributed by atoms with Crippen molar-refractivity contribution in [3.8, 4) is 0 Å². The van der Waals surface area contributed by atoms with Gasteiger partial charge >= 0.3 is 0 Å². The molecule has 2 rings (SSSR count).